The normalized spacial score (nSPS) is 17.6. The van der Waals surface area contributed by atoms with E-state index >= 15 is 0 Å². The van der Waals surface area contributed by atoms with Crippen LogP contribution in [-0.2, 0) is 6.54 Å². The van der Waals surface area contributed by atoms with Crippen LogP contribution in [0.3, 0.4) is 0 Å². The number of thiazole rings is 1. The fourth-order valence-electron chi connectivity index (χ4n) is 2.55. The Hall–Kier alpha value is -1.39. The van der Waals surface area contributed by atoms with Crippen molar-refractivity contribution in [1.82, 2.24) is 10.3 Å². The second kappa shape index (κ2) is 6.37. The lowest BCUT2D eigenvalue weighted by Gasteiger charge is -2.24. The molecular weight excluding hydrogens is 268 g/mol. The zero-order valence-corrected chi connectivity index (χ0v) is 12.6. The van der Waals surface area contributed by atoms with E-state index in [-0.39, 0.29) is 0 Å². The molecule has 1 aliphatic heterocycles. The summed E-state index contributed by atoms with van der Waals surface area (Å²) in [6, 6.07) is 8.33. The summed E-state index contributed by atoms with van der Waals surface area (Å²) in [7, 11) is 0. The lowest BCUT2D eigenvalue weighted by molar-refractivity contribution is 0.277. The van der Waals surface area contributed by atoms with E-state index in [0.29, 0.717) is 5.92 Å². The molecule has 0 aliphatic carbocycles. The van der Waals surface area contributed by atoms with E-state index in [1.165, 1.54) is 21.9 Å². The number of nitrogens with zero attached hydrogens (tertiary/aromatic N) is 1. The molecule has 1 aliphatic rings. The molecule has 1 unspecified atom stereocenters. The summed E-state index contributed by atoms with van der Waals surface area (Å²) < 4.78 is 5.73. The van der Waals surface area contributed by atoms with Crippen LogP contribution in [0.5, 0.6) is 5.75 Å². The van der Waals surface area contributed by atoms with Crippen LogP contribution in [0.15, 0.2) is 30.5 Å². The Bertz CT molecular complexity index is 567. The van der Waals surface area contributed by atoms with Gasteiger partial charge in [-0.25, -0.2) is 4.98 Å². The molecule has 3 rings (SSSR count). The van der Waals surface area contributed by atoms with Gasteiger partial charge in [0.25, 0.3) is 0 Å². The first kappa shape index (κ1) is 13.6. The SMILES string of the molecule is CCCNCc1cnc(C2CCOc3ccccc32)s1. The zero-order valence-electron chi connectivity index (χ0n) is 11.8. The van der Waals surface area contributed by atoms with Gasteiger partial charge in [-0.05, 0) is 25.5 Å². The van der Waals surface area contributed by atoms with Crippen LogP contribution >= 0.6 is 11.3 Å². The van der Waals surface area contributed by atoms with Crippen molar-refractivity contribution in [1.29, 1.82) is 0 Å². The smallest absolute Gasteiger partial charge is 0.123 e. The molecule has 1 aromatic heterocycles. The molecule has 1 atom stereocenters. The Balaban J connectivity index is 1.77. The molecule has 0 bridgehead atoms. The summed E-state index contributed by atoms with van der Waals surface area (Å²) in [5, 5.41) is 4.65. The van der Waals surface area contributed by atoms with E-state index in [0.717, 1.165) is 31.9 Å². The van der Waals surface area contributed by atoms with E-state index in [4.69, 9.17) is 4.74 Å². The molecule has 0 saturated heterocycles. The van der Waals surface area contributed by atoms with E-state index in [1.807, 2.05) is 23.6 Å². The predicted molar refractivity (Wildman–Crippen MR) is 82.5 cm³/mol. The maximum Gasteiger partial charge on any atom is 0.123 e. The summed E-state index contributed by atoms with van der Waals surface area (Å²) in [6.45, 7) is 4.96. The van der Waals surface area contributed by atoms with Crippen LogP contribution in [-0.4, -0.2) is 18.1 Å². The van der Waals surface area contributed by atoms with E-state index in [9.17, 15) is 0 Å². The highest BCUT2D eigenvalue weighted by Crippen LogP contribution is 2.39. The summed E-state index contributed by atoms with van der Waals surface area (Å²) >= 11 is 1.82. The molecule has 0 amide bonds. The van der Waals surface area contributed by atoms with Crippen molar-refractivity contribution in [2.24, 2.45) is 0 Å². The molecular formula is C16H20N2OS. The average molecular weight is 288 g/mol. The fourth-order valence-corrected chi connectivity index (χ4v) is 3.59. The van der Waals surface area contributed by atoms with Crippen molar-refractivity contribution in [3.05, 3.63) is 45.9 Å². The standard InChI is InChI=1S/C16H20N2OS/c1-2-8-17-10-12-11-18-16(20-12)14-7-9-19-15-6-4-3-5-13(14)15/h3-6,11,14,17H,2,7-10H2,1H3. The second-order valence-electron chi connectivity index (χ2n) is 5.07. The molecule has 4 heteroatoms. The van der Waals surface area contributed by atoms with Crippen molar-refractivity contribution in [3.63, 3.8) is 0 Å². The fraction of sp³-hybridized carbons (Fsp3) is 0.438. The minimum atomic E-state index is 0.393. The van der Waals surface area contributed by atoms with Gasteiger partial charge in [-0.1, -0.05) is 25.1 Å². The third kappa shape index (κ3) is 2.86. The molecule has 2 aromatic rings. The average Bonchev–Trinajstić information content (AvgIpc) is 2.96. The number of fused-ring (bicyclic) bond motifs is 1. The first-order chi connectivity index (χ1) is 9.88. The van der Waals surface area contributed by atoms with Gasteiger partial charge in [-0.15, -0.1) is 11.3 Å². The molecule has 0 spiro atoms. The zero-order chi connectivity index (χ0) is 13.8. The number of hydrogen-bond donors (Lipinski definition) is 1. The van der Waals surface area contributed by atoms with Crippen molar-refractivity contribution in [2.45, 2.75) is 32.2 Å². The topological polar surface area (TPSA) is 34.2 Å². The van der Waals surface area contributed by atoms with Crippen molar-refractivity contribution in [2.75, 3.05) is 13.2 Å². The van der Waals surface area contributed by atoms with Gasteiger partial charge in [0.15, 0.2) is 0 Å². The minimum Gasteiger partial charge on any atom is -0.493 e. The minimum absolute atomic E-state index is 0.393. The number of benzene rings is 1. The number of hydrogen-bond acceptors (Lipinski definition) is 4. The third-order valence-corrected chi connectivity index (χ3v) is 4.67. The van der Waals surface area contributed by atoms with Crippen LogP contribution in [0.1, 0.15) is 41.1 Å². The Morgan fingerprint density at radius 1 is 1.40 bits per heavy atom. The molecule has 0 saturated carbocycles. The van der Waals surface area contributed by atoms with Gasteiger partial charge in [0.2, 0.25) is 0 Å². The lowest BCUT2D eigenvalue weighted by atomic mass is 9.94. The van der Waals surface area contributed by atoms with Crippen molar-refractivity contribution >= 4 is 11.3 Å². The predicted octanol–water partition coefficient (Wildman–Crippen LogP) is 3.56. The molecule has 2 heterocycles. The van der Waals surface area contributed by atoms with Crippen LogP contribution in [0.25, 0.3) is 0 Å². The van der Waals surface area contributed by atoms with Gasteiger partial charge in [0.1, 0.15) is 10.8 Å². The second-order valence-corrected chi connectivity index (χ2v) is 6.22. The van der Waals surface area contributed by atoms with Gasteiger partial charge in [0.05, 0.1) is 6.61 Å². The van der Waals surface area contributed by atoms with E-state index < -0.39 is 0 Å². The van der Waals surface area contributed by atoms with E-state index in [2.05, 4.69) is 35.4 Å². The van der Waals surface area contributed by atoms with Crippen molar-refractivity contribution in [3.8, 4) is 5.75 Å². The van der Waals surface area contributed by atoms with Crippen LogP contribution in [0.2, 0.25) is 0 Å². The van der Waals surface area contributed by atoms with Crippen LogP contribution < -0.4 is 10.1 Å². The largest absolute Gasteiger partial charge is 0.493 e. The third-order valence-electron chi connectivity index (χ3n) is 3.55. The number of rotatable bonds is 5. The highest BCUT2D eigenvalue weighted by atomic mass is 32.1. The van der Waals surface area contributed by atoms with Gasteiger partial charge < -0.3 is 10.1 Å². The van der Waals surface area contributed by atoms with Crippen LogP contribution in [0.4, 0.5) is 0 Å². The molecule has 20 heavy (non-hydrogen) atoms. The Morgan fingerprint density at radius 2 is 2.30 bits per heavy atom. The Labute approximate surface area is 124 Å². The number of aromatic nitrogens is 1. The maximum atomic E-state index is 5.73. The first-order valence-electron chi connectivity index (χ1n) is 7.25. The number of para-hydroxylation sites is 1. The molecule has 1 N–H and O–H groups in total. The van der Waals surface area contributed by atoms with E-state index in [1.54, 1.807) is 0 Å². The molecule has 1 aromatic carbocycles. The number of nitrogens with one attached hydrogen (secondary N) is 1. The summed E-state index contributed by atoms with van der Waals surface area (Å²) in [5.41, 5.74) is 1.28. The highest BCUT2D eigenvalue weighted by molar-refractivity contribution is 7.11. The molecule has 106 valence electrons. The quantitative estimate of drug-likeness (QED) is 0.854. The molecule has 0 fully saturated rings. The molecule has 3 nitrogen and oxygen atoms in total. The summed E-state index contributed by atoms with van der Waals surface area (Å²) in [5.74, 6) is 1.41. The maximum absolute atomic E-state index is 5.73. The highest BCUT2D eigenvalue weighted by Gasteiger charge is 2.25. The summed E-state index contributed by atoms with van der Waals surface area (Å²) in [6.07, 6.45) is 4.20. The lowest BCUT2D eigenvalue weighted by Crippen LogP contribution is -2.14. The van der Waals surface area contributed by atoms with Crippen LogP contribution in [0, 0.1) is 0 Å². The first-order valence-corrected chi connectivity index (χ1v) is 8.07. The van der Waals surface area contributed by atoms with Crippen molar-refractivity contribution < 1.29 is 4.74 Å². The monoisotopic (exact) mass is 288 g/mol. The van der Waals surface area contributed by atoms with Gasteiger partial charge >= 0.3 is 0 Å². The van der Waals surface area contributed by atoms with Gasteiger partial charge in [-0.3, -0.25) is 0 Å². The summed E-state index contributed by atoms with van der Waals surface area (Å²) in [4.78, 5) is 5.96. The Morgan fingerprint density at radius 3 is 3.20 bits per heavy atom. The number of ether oxygens (including phenoxy) is 1. The van der Waals surface area contributed by atoms with Gasteiger partial charge in [-0.2, -0.15) is 0 Å². The van der Waals surface area contributed by atoms with Gasteiger partial charge in [0, 0.05) is 29.1 Å². The Kier molecular flexibility index (Phi) is 4.33. The molecule has 0 radical (unpaired) electrons.